The Morgan fingerprint density at radius 3 is 2.69 bits per heavy atom. The minimum absolute atomic E-state index is 0.103. The first-order valence-electron chi connectivity index (χ1n) is 3.11. The maximum Gasteiger partial charge on any atom is 0.211 e. The van der Waals surface area contributed by atoms with Crippen molar-refractivity contribution in [2.24, 2.45) is 0 Å². The first-order chi connectivity index (χ1) is 6.07. The Balaban J connectivity index is 3.34. The predicted octanol–water partition coefficient (Wildman–Crippen LogP) is 3.46. The van der Waals surface area contributed by atoms with E-state index in [0.29, 0.717) is 10.9 Å². The quantitative estimate of drug-likeness (QED) is 0.503. The van der Waals surface area contributed by atoms with Crippen LogP contribution in [0.25, 0.3) is 0 Å². The van der Waals surface area contributed by atoms with Gasteiger partial charge < -0.3 is 5.32 Å². The summed E-state index contributed by atoms with van der Waals surface area (Å²) >= 11 is 14.1. The number of hydrogen-bond donors (Lipinski definition) is 1. The molecule has 0 aliphatic rings. The Kier molecular flexibility index (Phi) is 3.53. The van der Waals surface area contributed by atoms with Crippen molar-refractivity contribution in [1.82, 2.24) is 0 Å². The number of carbonyl (C=O) groups excluding carboxylic acids is 1. The van der Waals surface area contributed by atoms with Crippen molar-refractivity contribution in [3.63, 3.8) is 0 Å². The van der Waals surface area contributed by atoms with Crippen LogP contribution >= 0.6 is 39.1 Å². The summed E-state index contributed by atoms with van der Waals surface area (Å²) in [6.45, 7) is 0. The van der Waals surface area contributed by atoms with Gasteiger partial charge >= 0.3 is 0 Å². The number of anilines is 1. The SMILES string of the molecule is O=CNc1c(Br)cc(Cl)c(F)c1Cl. The summed E-state index contributed by atoms with van der Waals surface area (Å²) in [5.41, 5.74) is 0.165. The van der Waals surface area contributed by atoms with E-state index in [-0.39, 0.29) is 15.7 Å². The van der Waals surface area contributed by atoms with E-state index in [4.69, 9.17) is 23.2 Å². The molecule has 1 aromatic carbocycles. The van der Waals surface area contributed by atoms with Crippen molar-refractivity contribution in [2.75, 3.05) is 5.32 Å². The summed E-state index contributed by atoms with van der Waals surface area (Å²) in [6.07, 6.45) is 0.402. The van der Waals surface area contributed by atoms with Gasteiger partial charge in [-0.1, -0.05) is 23.2 Å². The minimum atomic E-state index is -0.754. The molecule has 13 heavy (non-hydrogen) atoms. The van der Waals surface area contributed by atoms with Crippen LogP contribution in [0.2, 0.25) is 10.0 Å². The normalized spacial score (nSPS) is 9.85. The predicted molar refractivity (Wildman–Crippen MR) is 53.8 cm³/mol. The molecule has 0 atom stereocenters. The van der Waals surface area contributed by atoms with Gasteiger partial charge in [0.05, 0.1) is 10.7 Å². The van der Waals surface area contributed by atoms with Gasteiger partial charge in [0.25, 0.3) is 0 Å². The fourth-order valence-corrected chi connectivity index (χ4v) is 2.06. The third kappa shape index (κ3) is 2.13. The summed E-state index contributed by atoms with van der Waals surface area (Å²) in [4.78, 5) is 10.1. The molecule has 0 saturated carbocycles. The van der Waals surface area contributed by atoms with Crippen LogP contribution in [0.1, 0.15) is 0 Å². The highest BCUT2D eigenvalue weighted by molar-refractivity contribution is 9.10. The number of carbonyl (C=O) groups is 1. The smallest absolute Gasteiger partial charge is 0.211 e. The van der Waals surface area contributed by atoms with Gasteiger partial charge in [-0.2, -0.15) is 0 Å². The van der Waals surface area contributed by atoms with Crippen LogP contribution in [-0.4, -0.2) is 6.41 Å². The molecule has 0 saturated heterocycles. The molecule has 2 nitrogen and oxygen atoms in total. The third-order valence-electron chi connectivity index (χ3n) is 1.32. The lowest BCUT2D eigenvalue weighted by Crippen LogP contribution is -1.97. The van der Waals surface area contributed by atoms with E-state index < -0.39 is 5.82 Å². The van der Waals surface area contributed by atoms with Crippen LogP contribution in [0.3, 0.4) is 0 Å². The van der Waals surface area contributed by atoms with E-state index in [1.54, 1.807) is 0 Å². The summed E-state index contributed by atoms with van der Waals surface area (Å²) in [6, 6.07) is 1.31. The van der Waals surface area contributed by atoms with Gasteiger partial charge in [0, 0.05) is 4.47 Å². The lowest BCUT2D eigenvalue weighted by atomic mass is 10.3. The van der Waals surface area contributed by atoms with E-state index in [0.717, 1.165) is 0 Å². The first kappa shape index (κ1) is 10.8. The van der Waals surface area contributed by atoms with Crippen LogP contribution in [0.4, 0.5) is 10.1 Å². The van der Waals surface area contributed by atoms with Crippen LogP contribution in [0.15, 0.2) is 10.5 Å². The summed E-state index contributed by atoms with van der Waals surface area (Å²) < 4.78 is 13.5. The molecule has 1 rings (SSSR count). The average molecular weight is 287 g/mol. The van der Waals surface area contributed by atoms with Gasteiger partial charge in [-0.05, 0) is 22.0 Å². The molecule has 1 amide bonds. The van der Waals surface area contributed by atoms with Crippen LogP contribution in [0, 0.1) is 5.82 Å². The van der Waals surface area contributed by atoms with Crippen LogP contribution in [-0.2, 0) is 4.79 Å². The molecule has 70 valence electrons. The second-order valence-corrected chi connectivity index (χ2v) is 3.74. The fourth-order valence-electron chi connectivity index (χ4n) is 0.757. The van der Waals surface area contributed by atoms with Crippen molar-refractivity contribution in [2.45, 2.75) is 0 Å². The molecule has 0 unspecified atom stereocenters. The minimum Gasteiger partial charge on any atom is -0.326 e. The fraction of sp³-hybridized carbons (Fsp3) is 0. The van der Waals surface area contributed by atoms with Crippen molar-refractivity contribution in [1.29, 1.82) is 0 Å². The van der Waals surface area contributed by atoms with Crippen molar-refractivity contribution >= 4 is 51.2 Å². The molecular formula is C7H3BrCl2FNO. The monoisotopic (exact) mass is 285 g/mol. The second kappa shape index (κ2) is 4.26. The lowest BCUT2D eigenvalue weighted by molar-refractivity contribution is -0.105. The van der Waals surface area contributed by atoms with E-state index >= 15 is 0 Å². The van der Waals surface area contributed by atoms with Gasteiger partial charge in [-0.15, -0.1) is 0 Å². The van der Waals surface area contributed by atoms with Crippen molar-refractivity contribution in [3.05, 3.63) is 26.4 Å². The number of benzene rings is 1. The highest BCUT2D eigenvalue weighted by Gasteiger charge is 2.13. The highest BCUT2D eigenvalue weighted by Crippen LogP contribution is 2.36. The molecule has 6 heteroatoms. The molecule has 0 aliphatic heterocycles. The Morgan fingerprint density at radius 1 is 1.54 bits per heavy atom. The molecule has 0 heterocycles. The van der Waals surface area contributed by atoms with Gasteiger partial charge in [0.15, 0.2) is 5.82 Å². The molecular weight excluding hydrogens is 284 g/mol. The summed E-state index contributed by atoms with van der Waals surface area (Å²) in [5.74, 6) is -0.754. The standard InChI is InChI=1S/C7H3BrCl2FNO/c8-3-1-4(9)6(11)5(10)7(3)12-2-13/h1-2H,(H,12,13). The number of nitrogens with one attached hydrogen (secondary N) is 1. The summed E-state index contributed by atoms with van der Waals surface area (Å²) in [5, 5.41) is 1.93. The van der Waals surface area contributed by atoms with E-state index in [1.807, 2.05) is 0 Å². The number of amides is 1. The highest BCUT2D eigenvalue weighted by atomic mass is 79.9. The van der Waals surface area contributed by atoms with Gasteiger partial charge in [0.1, 0.15) is 5.02 Å². The Morgan fingerprint density at radius 2 is 2.15 bits per heavy atom. The van der Waals surface area contributed by atoms with E-state index in [2.05, 4.69) is 21.2 Å². The Hall–Kier alpha value is -0.320. The van der Waals surface area contributed by atoms with Gasteiger partial charge in [0.2, 0.25) is 6.41 Å². The zero-order valence-electron chi connectivity index (χ0n) is 6.07. The lowest BCUT2D eigenvalue weighted by Gasteiger charge is -2.07. The number of hydrogen-bond acceptors (Lipinski definition) is 1. The maximum atomic E-state index is 13.1. The topological polar surface area (TPSA) is 29.1 Å². The van der Waals surface area contributed by atoms with Gasteiger partial charge in [-0.25, -0.2) is 4.39 Å². The zero-order valence-corrected chi connectivity index (χ0v) is 9.17. The average Bonchev–Trinajstić information content (AvgIpc) is 2.09. The van der Waals surface area contributed by atoms with Crippen LogP contribution in [0.5, 0.6) is 0 Å². The zero-order chi connectivity index (χ0) is 10.0. The molecule has 0 fully saturated rings. The second-order valence-electron chi connectivity index (χ2n) is 2.11. The van der Waals surface area contributed by atoms with Crippen molar-refractivity contribution in [3.8, 4) is 0 Å². The third-order valence-corrected chi connectivity index (χ3v) is 2.57. The molecule has 0 radical (unpaired) electrons. The molecule has 0 aliphatic carbocycles. The van der Waals surface area contributed by atoms with E-state index in [1.165, 1.54) is 6.07 Å². The molecule has 0 bridgehead atoms. The largest absolute Gasteiger partial charge is 0.326 e. The maximum absolute atomic E-state index is 13.1. The molecule has 0 spiro atoms. The summed E-state index contributed by atoms with van der Waals surface area (Å²) in [7, 11) is 0. The molecule has 1 aromatic rings. The van der Waals surface area contributed by atoms with Gasteiger partial charge in [-0.3, -0.25) is 4.79 Å². The van der Waals surface area contributed by atoms with E-state index in [9.17, 15) is 9.18 Å². The van der Waals surface area contributed by atoms with Crippen LogP contribution < -0.4 is 5.32 Å². The number of halogens is 4. The molecule has 1 N–H and O–H groups in total. The first-order valence-corrected chi connectivity index (χ1v) is 4.66. The van der Waals surface area contributed by atoms with Crippen molar-refractivity contribution < 1.29 is 9.18 Å². The molecule has 0 aromatic heterocycles. The number of rotatable bonds is 2. The Bertz CT molecular complexity index is 359. The Labute approximate surface area is 92.1 Å².